The molecule has 2 nitrogen and oxygen atoms in total. The van der Waals surface area contributed by atoms with Gasteiger partial charge in [0.05, 0.1) is 0 Å². The van der Waals surface area contributed by atoms with Gasteiger partial charge in [0, 0.05) is 31.5 Å². The van der Waals surface area contributed by atoms with Crippen molar-refractivity contribution >= 4 is 5.78 Å². The summed E-state index contributed by atoms with van der Waals surface area (Å²) in [6, 6.07) is 0. The van der Waals surface area contributed by atoms with Gasteiger partial charge in [0.15, 0.2) is 0 Å². The molecule has 0 aromatic rings. The number of ketones is 1. The van der Waals surface area contributed by atoms with Crippen molar-refractivity contribution in [1.82, 2.24) is 4.90 Å². The van der Waals surface area contributed by atoms with Gasteiger partial charge in [-0.15, -0.1) is 0 Å². The Morgan fingerprint density at radius 1 is 0.882 bits per heavy atom. The second-order valence-corrected chi connectivity index (χ2v) is 7.17. The summed E-state index contributed by atoms with van der Waals surface area (Å²) in [6.45, 7) is 2.12. The van der Waals surface area contributed by atoms with Crippen LogP contribution in [0.25, 0.3) is 0 Å². The first-order valence-electron chi connectivity index (χ1n) is 7.50. The van der Waals surface area contributed by atoms with E-state index < -0.39 is 0 Å². The molecule has 0 N–H and O–H groups in total. The summed E-state index contributed by atoms with van der Waals surface area (Å²) in [5, 5.41) is 0. The number of carbonyl (C=O) groups excluding carboxylic acids is 1. The minimum absolute atomic E-state index is 0.492. The van der Waals surface area contributed by atoms with Gasteiger partial charge in [0.1, 0.15) is 5.78 Å². The lowest BCUT2D eigenvalue weighted by Gasteiger charge is -2.61. The molecule has 4 aliphatic carbocycles. The molecule has 2 heteroatoms. The second kappa shape index (κ2) is 3.57. The van der Waals surface area contributed by atoms with Crippen molar-refractivity contribution in [3.8, 4) is 0 Å². The van der Waals surface area contributed by atoms with Gasteiger partial charge in [-0.2, -0.15) is 0 Å². The van der Waals surface area contributed by atoms with Gasteiger partial charge in [-0.05, 0) is 56.3 Å². The molecule has 1 saturated heterocycles. The summed E-state index contributed by atoms with van der Waals surface area (Å²) in [4.78, 5) is 14.1. The molecule has 1 heterocycles. The molecule has 17 heavy (non-hydrogen) atoms. The molecule has 0 radical (unpaired) electrons. The SMILES string of the molecule is O=C1CCN(C23CC4CC(CC(C4)C2)C3)CC1. The van der Waals surface area contributed by atoms with Crippen LogP contribution < -0.4 is 0 Å². The molecule has 0 atom stereocenters. The van der Waals surface area contributed by atoms with E-state index in [0.717, 1.165) is 43.7 Å². The van der Waals surface area contributed by atoms with Crippen molar-refractivity contribution in [3.05, 3.63) is 0 Å². The lowest BCUT2D eigenvalue weighted by atomic mass is 9.52. The number of hydrogen-bond donors (Lipinski definition) is 0. The monoisotopic (exact) mass is 233 g/mol. The van der Waals surface area contributed by atoms with Gasteiger partial charge < -0.3 is 0 Å². The summed E-state index contributed by atoms with van der Waals surface area (Å²) in [7, 11) is 0. The number of Topliss-reactive ketones (excluding diaryl/α,β-unsaturated/α-hetero) is 1. The molecule has 0 spiro atoms. The molecule has 0 unspecified atom stereocenters. The number of carbonyl (C=O) groups is 1. The highest BCUT2D eigenvalue weighted by Crippen LogP contribution is 2.57. The maximum Gasteiger partial charge on any atom is 0.135 e. The van der Waals surface area contributed by atoms with Crippen LogP contribution in [-0.2, 0) is 4.79 Å². The van der Waals surface area contributed by atoms with E-state index in [1.54, 1.807) is 0 Å². The van der Waals surface area contributed by atoms with Crippen molar-refractivity contribution < 1.29 is 4.79 Å². The predicted molar refractivity (Wildman–Crippen MR) is 66.7 cm³/mol. The van der Waals surface area contributed by atoms with E-state index >= 15 is 0 Å². The van der Waals surface area contributed by atoms with E-state index in [4.69, 9.17) is 0 Å². The maximum absolute atomic E-state index is 11.4. The van der Waals surface area contributed by atoms with E-state index in [-0.39, 0.29) is 0 Å². The Labute approximate surface area is 104 Å². The van der Waals surface area contributed by atoms with Crippen molar-refractivity contribution in [2.75, 3.05) is 13.1 Å². The number of likely N-dealkylation sites (tertiary alicyclic amines) is 1. The molecule has 4 saturated carbocycles. The van der Waals surface area contributed by atoms with Gasteiger partial charge in [0.2, 0.25) is 0 Å². The zero-order chi connectivity index (χ0) is 11.5. The Hall–Kier alpha value is -0.370. The lowest BCUT2D eigenvalue weighted by molar-refractivity contribution is -0.129. The number of hydrogen-bond acceptors (Lipinski definition) is 2. The van der Waals surface area contributed by atoms with Crippen LogP contribution in [0.5, 0.6) is 0 Å². The van der Waals surface area contributed by atoms with Crippen LogP contribution in [0.2, 0.25) is 0 Å². The first kappa shape index (κ1) is 10.5. The van der Waals surface area contributed by atoms with Crippen molar-refractivity contribution in [3.63, 3.8) is 0 Å². The largest absolute Gasteiger partial charge is 0.300 e. The summed E-state index contributed by atoms with van der Waals surface area (Å²) < 4.78 is 0. The van der Waals surface area contributed by atoms with Crippen LogP contribution in [0.15, 0.2) is 0 Å². The Kier molecular flexibility index (Phi) is 2.21. The first-order valence-corrected chi connectivity index (χ1v) is 7.50. The van der Waals surface area contributed by atoms with E-state index in [1.807, 2.05) is 0 Å². The zero-order valence-corrected chi connectivity index (χ0v) is 10.7. The molecule has 0 aromatic heterocycles. The average molecular weight is 233 g/mol. The molecular weight excluding hydrogens is 210 g/mol. The van der Waals surface area contributed by atoms with Gasteiger partial charge in [0.25, 0.3) is 0 Å². The van der Waals surface area contributed by atoms with Crippen LogP contribution in [0, 0.1) is 17.8 Å². The van der Waals surface area contributed by atoms with Crippen molar-refractivity contribution in [1.29, 1.82) is 0 Å². The molecule has 0 aromatic carbocycles. The number of nitrogens with zero attached hydrogens (tertiary/aromatic N) is 1. The third-order valence-corrected chi connectivity index (χ3v) is 6.00. The molecule has 1 aliphatic heterocycles. The van der Waals surface area contributed by atoms with Gasteiger partial charge >= 0.3 is 0 Å². The molecule has 0 amide bonds. The highest BCUT2D eigenvalue weighted by atomic mass is 16.1. The van der Waals surface area contributed by atoms with E-state index in [9.17, 15) is 4.79 Å². The normalized spacial score (nSPS) is 49.9. The fourth-order valence-electron chi connectivity index (χ4n) is 5.68. The molecular formula is C15H23NO. The Morgan fingerprint density at radius 2 is 1.35 bits per heavy atom. The second-order valence-electron chi connectivity index (χ2n) is 7.17. The standard InChI is InChI=1S/C15H23NO/c17-14-1-3-16(4-2-14)15-8-11-5-12(9-15)7-13(6-11)10-15/h11-13H,1-10H2. The van der Waals surface area contributed by atoms with Crippen LogP contribution >= 0.6 is 0 Å². The fourth-order valence-corrected chi connectivity index (χ4v) is 5.68. The van der Waals surface area contributed by atoms with Crippen LogP contribution in [0.3, 0.4) is 0 Å². The van der Waals surface area contributed by atoms with Crippen LogP contribution in [0.4, 0.5) is 0 Å². The summed E-state index contributed by atoms with van der Waals surface area (Å²) >= 11 is 0. The van der Waals surface area contributed by atoms with Gasteiger partial charge in [-0.1, -0.05) is 0 Å². The molecule has 5 fully saturated rings. The van der Waals surface area contributed by atoms with Crippen LogP contribution in [0.1, 0.15) is 51.4 Å². The first-order chi connectivity index (χ1) is 8.23. The lowest BCUT2D eigenvalue weighted by Crippen LogP contribution is -2.61. The third kappa shape index (κ3) is 1.60. The van der Waals surface area contributed by atoms with Crippen molar-refractivity contribution in [2.24, 2.45) is 17.8 Å². The molecule has 4 bridgehead atoms. The molecule has 5 aliphatic rings. The Balaban J connectivity index is 1.58. The predicted octanol–water partition coefficient (Wildman–Crippen LogP) is 2.62. The number of rotatable bonds is 1. The Morgan fingerprint density at radius 3 is 1.82 bits per heavy atom. The maximum atomic E-state index is 11.4. The molecule has 5 rings (SSSR count). The zero-order valence-electron chi connectivity index (χ0n) is 10.7. The van der Waals surface area contributed by atoms with E-state index in [0.29, 0.717) is 11.3 Å². The van der Waals surface area contributed by atoms with Crippen LogP contribution in [-0.4, -0.2) is 29.3 Å². The smallest absolute Gasteiger partial charge is 0.135 e. The minimum atomic E-state index is 0.492. The third-order valence-electron chi connectivity index (χ3n) is 6.00. The average Bonchev–Trinajstić information content (AvgIpc) is 2.27. The summed E-state index contributed by atoms with van der Waals surface area (Å²) in [6.07, 6.45) is 10.6. The highest BCUT2D eigenvalue weighted by molar-refractivity contribution is 5.79. The highest BCUT2D eigenvalue weighted by Gasteiger charge is 2.53. The topological polar surface area (TPSA) is 20.3 Å². The van der Waals surface area contributed by atoms with Crippen molar-refractivity contribution in [2.45, 2.75) is 56.9 Å². The van der Waals surface area contributed by atoms with E-state index in [2.05, 4.69) is 4.90 Å². The van der Waals surface area contributed by atoms with Gasteiger partial charge in [-0.25, -0.2) is 0 Å². The number of piperidine rings is 1. The fraction of sp³-hybridized carbons (Fsp3) is 0.933. The van der Waals surface area contributed by atoms with E-state index in [1.165, 1.54) is 38.5 Å². The quantitative estimate of drug-likeness (QED) is 0.694. The van der Waals surface area contributed by atoms with Gasteiger partial charge in [-0.3, -0.25) is 9.69 Å². The summed E-state index contributed by atoms with van der Waals surface area (Å²) in [5.41, 5.74) is 0.537. The molecule has 94 valence electrons. The summed E-state index contributed by atoms with van der Waals surface area (Å²) in [5.74, 6) is 3.57. The minimum Gasteiger partial charge on any atom is -0.300 e. The Bertz CT molecular complexity index is 304.